The van der Waals surface area contributed by atoms with E-state index < -0.39 is 10.0 Å². The monoisotopic (exact) mass is 380 g/mol. The van der Waals surface area contributed by atoms with E-state index in [1.807, 2.05) is 6.92 Å². The van der Waals surface area contributed by atoms with Crippen LogP contribution < -0.4 is 10.0 Å². The second-order valence-corrected chi connectivity index (χ2v) is 9.65. The molecule has 20 heavy (non-hydrogen) atoms. The minimum Gasteiger partial charge on any atom is -0.312 e. The van der Waals surface area contributed by atoms with Crippen LogP contribution >= 0.6 is 27.3 Å². The summed E-state index contributed by atoms with van der Waals surface area (Å²) in [6.07, 6.45) is 3.99. The molecule has 1 aromatic rings. The summed E-state index contributed by atoms with van der Waals surface area (Å²) in [5.41, 5.74) is -0.263. The van der Waals surface area contributed by atoms with Gasteiger partial charge in [-0.05, 0) is 61.1 Å². The van der Waals surface area contributed by atoms with E-state index in [4.69, 9.17) is 0 Å². The topological polar surface area (TPSA) is 58.2 Å². The van der Waals surface area contributed by atoms with Crippen molar-refractivity contribution in [2.75, 3.05) is 6.54 Å². The van der Waals surface area contributed by atoms with Gasteiger partial charge in [0.1, 0.15) is 4.90 Å². The van der Waals surface area contributed by atoms with Crippen LogP contribution in [0.3, 0.4) is 0 Å². The summed E-state index contributed by atoms with van der Waals surface area (Å²) in [7, 11) is -3.43. The van der Waals surface area contributed by atoms with Crippen molar-refractivity contribution in [2.24, 2.45) is 0 Å². The number of sulfonamides is 1. The number of hydrogen-bond donors (Lipinski definition) is 2. The van der Waals surface area contributed by atoms with E-state index >= 15 is 0 Å². The molecule has 2 N–H and O–H groups in total. The van der Waals surface area contributed by atoms with Crippen LogP contribution in [-0.2, 0) is 16.6 Å². The molecule has 0 saturated heterocycles. The maximum absolute atomic E-state index is 12.4. The van der Waals surface area contributed by atoms with Gasteiger partial charge in [-0.3, -0.25) is 0 Å². The fourth-order valence-corrected chi connectivity index (χ4v) is 6.36. The predicted molar refractivity (Wildman–Crippen MR) is 86.6 cm³/mol. The molecule has 0 atom stereocenters. The first-order chi connectivity index (χ1) is 9.36. The fraction of sp³-hybridized carbons (Fsp3) is 0.692. The van der Waals surface area contributed by atoms with Gasteiger partial charge in [-0.1, -0.05) is 6.92 Å². The highest BCUT2D eigenvalue weighted by molar-refractivity contribution is 9.11. The summed E-state index contributed by atoms with van der Waals surface area (Å²) in [4.78, 5) is 1.40. The van der Waals surface area contributed by atoms with E-state index in [9.17, 15) is 8.42 Å². The molecule has 4 nitrogen and oxygen atoms in total. The molecule has 114 valence electrons. The molecule has 0 aliphatic heterocycles. The fourth-order valence-electron chi connectivity index (χ4n) is 2.25. The Morgan fingerprint density at radius 1 is 1.45 bits per heavy atom. The van der Waals surface area contributed by atoms with Gasteiger partial charge >= 0.3 is 0 Å². The van der Waals surface area contributed by atoms with Crippen LogP contribution in [-0.4, -0.2) is 20.5 Å². The minimum atomic E-state index is -3.43. The zero-order chi connectivity index (χ0) is 14.8. The van der Waals surface area contributed by atoms with E-state index in [1.165, 1.54) is 11.3 Å². The van der Waals surface area contributed by atoms with Crippen molar-refractivity contribution in [3.05, 3.63) is 14.7 Å². The van der Waals surface area contributed by atoms with Crippen molar-refractivity contribution in [1.29, 1.82) is 0 Å². The third-order valence-corrected chi connectivity index (χ3v) is 7.45. The van der Waals surface area contributed by atoms with Crippen molar-refractivity contribution in [3.8, 4) is 0 Å². The summed E-state index contributed by atoms with van der Waals surface area (Å²) in [5.74, 6) is 0. The lowest BCUT2D eigenvalue weighted by Crippen LogP contribution is -2.50. The van der Waals surface area contributed by atoms with E-state index in [1.54, 1.807) is 6.07 Å². The highest BCUT2D eigenvalue weighted by Crippen LogP contribution is 2.36. The Hall–Kier alpha value is 0.0500. The second kappa shape index (κ2) is 6.44. The first-order valence-electron chi connectivity index (χ1n) is 6.89. The lowest BCUT2D eigenvalue weighted by Gasteiger charge is -2.38. The smallest absolute Gasteiger partial charge is 0.243 e. The highest BCUT2D eigenvalue weighted by Gasteiger charge is 2.37. The lowest BCUT2D eigenvalue weighted by atomic mass is 9.80. The quantitative estimate of drug-likeness (QED) is 0.713. The van der Waals surface area contributed by atoms with Gasteiger partial charge in [0, 0.05) is 17.0 Å². The van der Waals surface area contributed by atoms with Gasteiger partial charge in [0.05, 0.1) is 3.79 Å². The first-order valence-corrected chi connectivity index (χ1v) is 9.98. The molecule has 1 aliphatic carbocycles. The molecule has 7 heteroatoms. The summed E-state index contributed by atoms with van der Waals surface area (Å²) in [6.45, 7) is 5.73. The van der Waals surface area contributed by atoms with Crippen LogP contribution in [0.2, 0.25) is 0 Å². The first kappa shape index (κ1) is 16.4. The Morgan fingerprint density at radius 3 is 2.70 bits per heavy atom. The summed E-state index contributed by atoms with van der Waals surface area (Å²) in [5, 5.41) is 3.29. The molecule has 1 aromatic heterocycles. The Balaban J connectivity index is 2.10. The largest absolute Gasteiger partial charge is 0.312 e. The maximum atomic E-state index is 12.4. The van der Waals surface area contributed by atoms with Crippen molar-refractivity contribution in [2.45, 2.75) is 56.5 Å². The molecule has 0 radical (unpaired) electrons. The molecule has 0 amide bonds. The Morgan fingerprint density at radius 2 is 2.15 bits per heavy atom. The summed E-state index contributed by atoms with van der Waals surface area (Å²) < 4.78 is 28.4. The number of rotatable bonds is 7. The maximum Gasteiger partial charge on any atom is 0.243 e. The van der Waals surface area contributed by atoms with Crippen molar-refractivity contribution in [3.63, 3.8) is 0 Å². The number of nitrogens with one attached hydrogen (secondary N) is 2. The molecule has 1 aliphatic rings. The molecular weight excluding hydrogens is 360 g/mol. The number of halogens is 1. The van der Waals surface area contributed by atoms with Crippen molar-refractivity contribution < 1.29 is 8.42 Å². The van der Waals surface area contributed by atoms with E-state index in [0.717, 1.165) is 37.1 Å². The lowest BCUT2D eigenvalue weighted by molar-refractivity contribution is 0.248. The highest BCUT2D eigenvalue weighted by atomic mass is 79.9. The zero-order valence-electron chi connectivity index (χ0n) is 11.8. The van der Waals surface area contributed by atoms with Crippen LogP contribution in [0.4, 0.5) is 0 Å². The van der Waals surface area contributed by atoms with E-state index in [0.29, 0.717) is 15.2 Å². The standard InChI is InChI=1S/C13H21BrN2O2S2/c1-3-7-15-9-10-8-11(12(14)19-10)20(17,18)16-13(2)5-4-6-13/h8,15-16H,3-7,9H2,1-2H3. The number of hydrogen-bond acceptors (Lipinski definition) is 4. The third-order valence-electron chi connectivity index (χ3n) is 3.56. The van der Waals surface area contributed by atoms with Crippen molar-refractivity contribution in [1.82, 2.24) is 10.0 Å². The molecule has 2 rings (SSSR count). The average Bonchev–Trinajstić information content (AvgIpc) is 2.69. The number of thiophene rings is 1. The molecule has 1 heterocycles. The van der Waals surface area contributed by atoms with E-state index in [-0.39, 0.29) is 5.54 Å². The molecule has 0 spiro atoms. The summed E-state index contributed by atoms with van der Waals surface area (Å²) in [6, 6.07) is 1.77. The normalized spacial score (nSPS) is 17.9. The van der Waals surface area contributed by atoms with Crippen LogP contribution in [0.15, 0.2) is 14.7 Å². The molecule has 0 bridgehead atoms. The molecule has 0 aromatic carbocycles. The van der Waals surface area contributed by atoms with Crippen LogP contribution in [0.25, 0.3) is 0 Å². The van der Waals surface area contributed by atoms with Crippen LogP contribution in [0.5, 0.6) is 0 Å². The predicted octanol–water partition coefficient (Wildman–Crippen LogP) is 3.23. The molecule has 1 fully saturated rings. The second-order valence-electron chi connectivity index (χ2n) is 5.55. The van der Waals surface area contributed by atoms with Gasteiger partial charge in [-0.15, -0.1) is 11.3 Å². The third kappa shape index (κ3) is 3.82. The van der Waals surface area contributed by atoms with Gasteiger partial charge in [0.2, 0.25) is 10.0 Å². The molecule has 0 unspecified atom stereocenters. The van der Waals surface area contributed by atoms with Crippen LogP contribution in [0.1, 0.15) is 44.4 Å². The van der Waals surface area contributed by atoms with Crippen LogP contribution in [0, 0.1) is 0 Å². The van der Waals surface area contributed by atoms with Gasteiger partial charge in [-0.2, -0.15) is 0 Å². The molecule has 1 saturated carbocycles. The molecular formula is C13H21BrN2O2S2. The zero-order valence-corrected chi connectivity index (χ0v) is 15.0. The summed E-state index contributed by atoms with van der Waals surface area (Å²) >= 11 is 4.86. The average molecular weight is 381 g/mol. The van der Waals surface area contributed by atoms with Gasteiger partial charge in [-0.25, -0.2) is 13.1 Å². The van der Waals surface area contributed by atoms with Gasteiger partial charge in [0.15, 0.2) is 0 Å². The van der Waals surface area contributed by atoms with Gasteiger partial charge in [0.25, 0.3) is 0 Å². The Bertz CT molecular complexity index is 565. The Labute approximate surface area is 133 Å². The van der Waals surface area contributed by atoms with Crippen molar-refractivity contribution >= 4 is 37.3 Å². The minimum absolute atomic E-state index is 0.263. The van der Waals surface area contributed by atoms with Gasteiger partial charge < -0.3 is 5.32 Å². The SMILES string of the molecule is CCCNCc1cc(S(=O)(=O)NC2(C)CCC2)c(Br)s1. The van der Waals surface area contributed by atoms with E-state index in [2.05, 4.69) is 32.9 Å². The Kier molecular flexibility index (Phi) is 5.29.